The van der Waals surface area contributed by atoms with Crippen molar-refractivity contribution in [3.63, 3.8) is 0 Å². The average Bonchev–Trinajstić information content (AvgIpc) is 2.82. The minimum absolute atomic E-state index is 0.276. The van der Waals surface area contributed by atoms with Crippen LogP contribution in [0.4, 0.5) is 5.69 Å². The molecular weight excluding hydrogens is 328 g/mol. The number of benzene rings is 1. The summed E-state index contributed by atoms with van der Waals surface area (Å²) in [4.78, 5) is 0.276. The van der Waals surface area contributed by atoms with Gasteiger partial charge in [-0.2, -0.15) is 4.31 Å². The van der Waals surface area contributed by atoms with Crippen molar-refractivity contribution in [3.8, 4) is 0 Å². The summed E-state index contributed by atoms with van der Waals surface area (Å²) in [6.07, 6.45) is 0.933. The number of halogens is 1. The van der Waals surface area contributed by atoms with Gasteiger partial charge in [0, 0.05) is 23.2 Å². The molecule has 0 saturated carbocycles. The minimum atomic E-state index is -3.41. The van der Waals surface area contributed by atoms with Crippen LogP contribution in [-0.2, 0) is 10.0 Å². The van der Waals surface area contributed by atoms with Crippen LogP contribution in [0.25, 0.3) is 0 Å². The third-order valence-corrected chi connectivity index (χ3v) is 6.32. The third kappa shape index (κ3) is 2.95. The maximum Gasteiger partial charge on any atom is 0.243 e. The van der Waals surface area contributed by atoms with Crippen molar-refractivity contribution in [2.75, 3.05) is 18.8 Å². The van der Waals surface area contributed by atoms with Crippen LogP contribution in [-0.4, -0.2) is 25.8 Å². The predicted octanol–water partition coefficient (Wildman–Crippen LogP) is 2.70. The van der Waals surface area contributed by atoms with Crippen LogP contribution in [0.3, 0.4) is 0 Å². The molecule has 2 rings (SSSR count). The lowest BCUT2D eigenvalue weighted by Gasteiger charge is -2.18. The van der Waals surface area contributed by atoms with E-state index in [9.17, 15) is 8.42 Å². The average molecular weight is 347 g/mol. The standard InChI is InChI=1S/C13H19BrN2O2S/c1-9(2)10-5-6-16(8-10)19(17,18)11-3-4-12(14)13(15)7-11/h3-4,7,9-10H,5-6,8,15H2,1-2H3. The zero-order valence-electron chi connectivity index (χ0n) is 11.1. The van der Waals surface area contributed by atoms with E-state index in [1.807, 2.05) is 0 Å². The number of rotatable bonds is 3. The molecular formula is C13H19BrN2O2S. The summed E-state index contributed by atoms with van der Waals surface area (Å²) in [5.74, 6) is 0.956. The number of nitrogen functional groups attached to an aromatic ring is 1. The van der Waals surface area contributed by atoms with E-state index >= 15 is 0 Å². The van der Waals surface area contributed by atoms with Crippen LogP contribution in [0.1, 0.15) is 20.3 Å². The lowest BCUT2D eigenvalue weighted by Crippen LogP contribution is -2.29. The molecule has 0 spiro atoms. The molecule has 0 aliphatic carbocycles. The Morgan fingerprint density at radius 1 is 1.42 bits per heavy atom. The molecule has 1 aromatic carbocycles. The van der Waals surface area contributed by atoms with Crippen molar-refractivity contribution in [3.05, 3.63) is 22.7 Å². The highest BCUT2D eigenvalue weighted by Gasteiger charge is 2.33. The largest absolute Gasteiger partial charge is 0.398 e. The molecule has 1 atom stereocenters. The number of nitrogens with two attached hydrogens (primary N) is 1. The van der Waals surface area contributed by atoms with Crippen molar-refractivity contribution < 1.29 is 8.42 Å². The van der Waals surface area contributed by atoms with Gasteiger partial charge in [0.25, 0.3) is 0 Å². The minimum Gasteiger partial charge on any atom is -0.398 e. The van der Waals surface area contributed by atoms with Gasteiger partial charge in [-0.3, -0.25) is 0 Å². The summed E-state index contributed by atoms with van der Waals surface area (Å²) in [6, 6.07) is 4.79. The third-order valence-electron chi connectivity index (χ3n) is 3.74. The van der Waals surface area contributed by atoms with Gasteiger partial charge < -0.3 is 5.73 Å². The topological polar surface area (TPSA) is 63.4 Å². The number of nitrogens with zero attached hydrogens (tertiary/aromatic N) is 1. The Balaban J connectivity index is 2.26. The highest BCUT2D eigenvalue weighted by molar-refractivity contribution is 9.10. The Hall–Kier alpha value is -0.590. The number of anilines is 1. The van der Waals surface area contributed by atoms with Gasteiger partial charge in [-0.25, -0.2) is 8.42 Å². The first-order valence-electron chi connectivity index (χ1n) is 6.37. The highest BCUT2D eigenvalue weighted by Crippen LogP contribution is 2.30. The molecule has 0 aromatic heterocycles. The number of hydrogen-bond donors (Lipinski definition) is 1. The molecule has 6 heteroatoms. The van der Waals surface area contributed by atoms with Gasteiger partial charge in [0.15, 0.2) is 0 Å². The number of sulfonamides is 1. The van der Waals surface area contributed by atoms with E-state index in [1.165, 1.54) is 6.07 Å². The van der Waals surface area contributed by atoms with Gasteiger partial charge in [0.1, 0.15) is 0 Å². The van der Waals surface area contributed by atoms with Crippen LogP contribution in [0, 0.1) is 11.8 Å². The first-order chi connectivity index (χ1) is 8.82. The fraction of sp³-hybridized carbons (Fsp3) is 0.538. The second-order valence-corrected chi connectivity index (χ2v) is 8.13. The Bertz CT molecular complexity index is 572. The molecule has 1 aliphatic rings. The van der Waals surface area contributed by atoms with Gasteiger partial charge in [-0.15, -0.1) is 0 Å². The Morgan fingerprint density at radius 3 is 2.63 bits per heavy atom. The van der Waals surface area contributed by atoms with E-state index in [2.05, 4.69) is 29.8 Å². The molecule has 2 N–H and O–H groups in total. The van der Waals surface area contributed by atoms with Crippen LogP contribution in [0.15, 0.2) is 27.6 Å². The molecule has 1 aliphatic heterocycles. The molecule has 1 saturated heterocycles. The van der Waals surface area contributed by atoms with Gasteiger partial charge in [0.05, 0.1) is 4.90 Å². The maximum absolute atomic E-state index is 12.5. The van der Waals surface area contributed by atoms with Crippen LogP contribution in [0.5, 0.6) is 0 Å². The van der Waals surface area contributed by atoms with Crippen molar-refractivity contribution in [2.45, 2.75) is 25.2 Å². The fourth-order valence-electron chi connectivity index (χ4n) is 2.35. The molecule has 0 amide bonds. The van der Waals surface area contributed by atoms with Crippen molar-refractivity contribution in [2.24, 2.45) is 11.8 Å². The molecule has 1 fully saturated rings. The molecule has 1 heterocycles. The monoisotopic (exact) mass is 346 g/mol. The van der Waals surface area contributed by atoms with E-state index in [-0.39, 0.29) is 4.90 Å². The quantitative estimate of drug-likeness (QED) is 0.855. The normalized spacial score (nSPS) is 21.2. The summed E-state index contributed by atoms with van der Waals surface area (Å²) in [6.45, 7) is 5.48. The molecule has 1 unspecified atom stereocenters. The summed E-state index contributed by atoms with van der Waals surface area (Å²) < 4.78 is 27.3. The van der Waals surface area contributed by atoms with Crippen LogP contribution in [0.2, 0.25) is 0 Å². The van der Waals surface area contributed by atoms with E-state index in [0.29, 0.717) is 35.1 Å². The SMILES string of the molecule is CC(C)C1CCN(S(=O)(=O)c2ccc(Br)c(N)c2)C1. The number of hydrogen-bond acceptors (Lipinski definition) is 3. The predicted molar refractivity (Wildman–Crippen MR) is 80.3 cm³/mol. The zero-order chi connectivity index (χ0) is 14.2. The van der Waals surface area contributed by atoms with Crippen LogP contribution < -0.4 is 5.73 Å². The fourth-order valence-corrected chi connectivity index (χ4v) is 4.14. The molecule has 0 bridgehead atoms. The summed E-state index contributed by atoms with van der Waals surface area (Å²) in [7, 11) is -3.41. The molecule has 4 nitrogen and oxygen atoms in total. The molecule has 1 aromatic rings. The van der Waals surface area contributed by atoms with Crippen molar-refractivity contribution >= 4 is 31.6 Å². The smallest absolute Gasteiger partial charge is 0.243 e. The van der Waals surface area contributed by atoms with Gasteiger partial charge in [-0.1, -0.05) is 13.8 Å². The summed E-state index contributed by atoms with van der Waals surface area (Å²) in [5, 5.41) is 0. The molecule has 0 radical (unpaired) electrons. The first kappa shape index (κ1) is 14.8. The second kappa shape index (κ2) is 5.42. The lowest BCUT2D eigenvalue weighted by atomic mass is 9.96. The Kier molecular flexibility index (Phi) is 4.23. The van der Waals surface area contributed by atoms with Gasteiger partial charge in [0.2, 0.25) is 10.0 Å². The lowest BCUT2D eigenvalue weighted by molar-refractivity contribution is 0.388. The highest BCUT2D eigenvalue weighted by atomic mass is 79.9. The first-order valence-corrected chi connectivity index (χ1v) is 8.61. The Labute approximate surface area is 123 Å². The summed E-state index contributed by atoms with van der Waals surface area (Å²) in [5.41, 5.74) is 6.21. The molecule has 106 valence electrons. The van der Waals surface area contributed by atoms with E-state index < -0.39 is 10.0 Å². The Morgan fingerprint density at radius 2 is 2.11 bits per heavy atom. The summed E-state index contributed by atoms with van der Waals surface area (Å²) >= 11 is 3.27. The zero-order valence-corrected chi connectivity index (χ0v) is 13.5. The van der Waals surface area contributed by atoms with Crippen molar-refractivity contribution in [1.82, 2.24) is 4.31 Å². The second-order valence-electron chi connectivity index (χ2n) is 5.34. The van der Waals surface area contributed by atoms with Crippen molar-refractivity contribution in [1.29, 1.82) is 0 Å². The van der Waals surface area contributed by atoms with E-state index in [1.54, 1.807) is 16.4 Å². The van der Waals surface area contributed by atoms with Crippen LogP contribution >= 0.6 is 15.9 Å². The van der Waals surface area contributed by atoms with E-state index in [4.69, 9.17) is 5.73 Å². The maximum atomic E-state index is 12.5. The van der Waals surface area contributed by atoms with Gasteiger partial charge >= 0.3 is 0 Å². The molecule has 19 heavy (non-hydrogen) atoms. The van der Waals surface area contributed by atoms with Gasteiger partial charge in [-0.05, 0) is 52.4 Å². The van der Waals surface area contributed by atoms with E-state index in [0.717, 1.165) is 6.42 Å².